The summed E-state index contributed by atoms with van der Waals surface area (Å²) in [5, 5.41) is 0. The first-order chi connectivity index (χ1) is 8.52. The van der Waals surface area contributed by atoms with Gasteiger partial charge in [0, 0.05) is 18.0 Å². The Balaban J connectivity index is 2.57. The average molecular weight is 251 g/mol. The number of carbonyl (C=O) groups excluding carboxylic acids is 1. The van der Waals surface area contributed by atoms with Crippen LogP contribution in [0.1, 0.15) is 15.9 Å². The lowest BCUT2D eigenvalue weighted by Crippen LogP contribution is -2.09. The van der Waals surface area contributed by atoms with Crippen molar-refractivity contribution in [2.75, 3.05) is 0 Å². The maximum absolute atomic E-state index is 12.8. The van der Waals surface area contributed by atoms with E-state index in [9.17, 15) is 18.0 Å². The van der Waals surface area contributed by atoms with Crippen LogP contribution in [0.4, 0.5) is 13.2 Å². The molecule has 0 fully saturated rings. The number of carbonyl (C=O) groups is 1. The van der Waals surface area contributed by atoms with Crippen molar-refractivity contribution in [3.8, 4) is 11.1 Å². The Morgan fingerprint density at radius 3 is 2.22 bits per heavy atom. The SMILES string of the molecule is O=Cc1ccc(-c2ccncc2)cc1C(F)(F)F. The van der Waals surface area contributed by atoms with Crippen LogP contribution in [-0.4, -0.2) is 11.3 Å². The molecule has 2 nitrogen and oxygen atoms in total. The molecule has 0 spiro atoms. The van der Waals surface area contributed by atoms with Crippen molar-refractivity contribution < 1.29 is 18.0 Å². The van der Waals surface area contributed by atoms with Gasteiger partial charge in [-0.1, -0.05) is 12.1 Å². The zero-order chi connectivity index (χ0) is 13.2. The highest BCUT2D eigenvalue weighted by molar-refractivity contribution is 5.80. The van der Waals surface area contributed by atoms with Crippen molar-refractivity contribution >= 4 is 6.29 Å². The van der Waals surface area contributed by atoms with Crippen molar-refractivity contribution in [3.63, 3.8) is 0 Å². The maximum Gasteiger partial charge on any atom is 0.417 e. The molecule has 0 aliphatic carbocycles. The van der Waals surface area contributed by atoms with E-state index in [-0.39, 0.29) is 11.8 Å². The highest BCUT2D eigenvalue weighted by Gasteiger charge is 2.33. The van der Waals surface area contributed by atoms with Crippen molar-refractivity contribution in [1.29, 1.82) is 0 Å². The third-order valence-corrected chi connectivity index (χ3v) is 2.50. The molecule has 18 heavy (non-hydrogen) atoms. The summed E-state index contributed by atoms with van der Waals surface area (Å²) in [6, 6.07) is 6.84. The number of nitrogens with zero attached hydrogens (tertiary/aromatic N) is 1. The molecule has 2 rings (SSSR count). The fraction of sp³-hybridized carbons (Fsp3) is 0.0769. The molecular formula is C13H8F3NO. The van der Waals surface area contributed by atoms with Gasteiger partial charge >= 0.3 is 6.18 Å². The minimum atomic E-state index is -4.54. The molecule has 2 aromatic rings. The number of halogens is 3. The molecule has 1 aromatic carbocycles. The molecule has 0 aliphatic rings. The van der Waals surface area contributed by atoms with Gasteiger partial charge in [-0.3, -0.25) is 9.78 Å². The summed E-state index contributed by atoms with van der Waals surface area (Å²) in [6.07, 6.45) is -1.34. The Kier molecular flexibility index (Phi) is 3.14. The summed E-state index contributed by atoms with van der Waals surface area (Å²) in [6.45, 7) is 0. The fourth-order valence-corrected chi connectivity index (χ4v) is 1.63. The Hall–Kier alpha value is -2.17. The van der Waals surface area contributed by atoms with E-state index in [0.717, 1.165) is 6.07 Å². The highest BCUT2D eigenvalue weighted by Crippen LogP contribution is 2.34. The first-order valence-electron chi connectivity index (χ1n) is 5.09. The summed E-state index contributed by atoms with van der Waals surface area (Å²) >= 11 is 0. The lowest BCUT2D eigenvalue weighted by Gasteiger charge is -2.11. The molecule has 1 aromatic heterocycles. The first-order valence-corrected chi connectivity index (χ1v) is 5.09. The molecule has 0 N–H and O–H groups in total. The Morgan fingerprint density at radius 1 is 1.00 bits per heavy atom. The van der Waals surface area contributed by atoms with E-state index in [1.54, 1.807) is 12.1 Å². The van der Waals surface area contributed by atoms with Gasteiger partial charge in [0.1, 0.15) is 0 Å². The van der Waals surface area contributed by atoms with Crippen LogP contribution in [0.2, 0.25) is 0 Å². The monoisotopic (exact) mass is 251 g/mol. The smallest absolute Gasteiger partial charge is 0.298 e. The van der Waals surface area contributed by atoms with E-state index >= 15 is 0 Å². The Labute approximate surface area is 101 Å². The van der Waals surface area contributed by atoms with E-state index in [0.29, 0.717) is 11.1 Å². The van der Waals surface area contributed by atoms with E-state index < -0.39 is 11.7 Å². The first kappa shape index (κ1) is 12.3. The highest BCUT2D eigenvalue weighted by atomic mass is 19.4. The molecule has 92 valence electrons. The number of pyridine rings is 1. The Bertz CT molecular complexity index is 564. The summed E-state index contributed by atoms with van der Waals surface area (Å²) in [5.74, 6) is 0. The minimum absolute atomic E-state index is 0.207. The predicted molar refractivity (Wildman–Crippen MR) is 60.1 cm³/mol. The molecule has 0 unspecified atom stereocenters. The van der Waals surface area contributed by atoms with Crippen LogP contribution < -0.4 is 0 Å². The second-order valence-electron chi connectivity index (χ2n) is 3.65. The van der Waals surface area contributed by atoms with E-state index in [2.05, 4.69) is 4.98 Å². The van der Waals surface area contributed by atoms with E-state index in [1.165, 1.54) is 24.5 Å². The molecule has 1 heterocycles. The van der Waals surface area contributed by atoms with Crippen molar-refractivity contribution in [1.82, 2.24) is 4.98 Å². The van der Waals surface area contributed by atoms with Crippen LogP contribution in [0.5, 0.6) is 0 Å². The second-order valence-corrected chi connectivity index (χ2v) is 3.65. The van der Waals surface area contributed by atoms with Crippen LogP contribution in [0.3, 0.4) is 0 Å². The topological polar surface area (TPSA) is 30.0 Å². The molecule has 0 radical (unpaired) electrons. The lowest BCUT2D eigenvalue weighted by molar-refractivity contribution is -0.137. The van der Waals surface area contributed by atoms with Crippen LogP contribution >= 0.6 is 0 Å². The zero-order valence-electron chi connectivity index (χ0n) is 9.11. The van der Waals surface area contributed by atoms with Crippen LogP contribution in [0.25, 0.3) is 11.1 Å². The second kappa shape index (κ2) is 4.60. The number of aldehydes is 1. The van der Waals surface area contributed by atoms with Gasteiger partial charge in [-0.05, 0) is 29.3 Å². The largest absolute Gasteiger partial charge is 0.417 e. The van der Waals surface area contributed by atoms with Gasteiger partial charge in [-0.15, -0.1) is 0 Å². The number of alkyl halides is 3. The van der Waals surface area contributed by atoms with Gasteiger partial charge in [-0.2, -0.15) is 13.2 Å². The number of hydrogen-bond donors (Lipinski definition) is 0. The molecule has 0 saturated carbocycles. The number of hydrogen-bond acceptors (Lipinski definition) is 2. The predicted octanol–water partition coefficient (Wildman–Crippen LogP) is 3.58. The maximum atomic E-state index is 12.8. The van der Waals surface area contributed by atoms with Crippen molar-refractivity contribution in [3.05, 3.63) is 53.9 Å². The van der Waals surface area contributed by atoms with Crippen LogP contribution in [0, 0.1) is 0 Å². The molecule has 0 amide bonds. The zero-order valence-corrected chi connectivity index (χ0v) is 9.11. The van der Waals surface area contributed by atoms with Crippen molar-refractivity contribution in [2.45, 2.75) is 6.18 Å². The summed E-state index contributed by atoms with van der Waals surface area (Å²) < 4.78 is 38.3. The number of benzene rings is 1. The molecule has 5 heteroatoms. The summed E-state index contributed by atoms with van der Waals surface area (Å²) in [7, 11) is 0. The van der Waals surface area contributed by atoms with E-state index in [1.807, 2.05) is 0 Å². The molecule has 0 atom stereocenters. The van der Waals surface area contributed by atoms with E-state index in [4.69, 9.17) is 0 Å². The summed E-state index contributed by atoms with van der Waals surface area (Å²) in [4.78, 5) is 14.4. The Morgan fingerprint density at radius 2 is 1.67 bits per heavy atom. The van der Waals surface area contributed by atoms with Gasteiger partial charge in [0.05, 0.1) is 5.56 Å². The molecular weight excluding hydrogens is 243 g/mol. The van der Waals surface area contributed by atoms with Gasteiger partial charge in [0.25, 0.3) is 0 Å². The fourth-order valence-electron chi connectivity index (χ4n) is 1.63. The average Bonchev–Trinajstić information content (AvgIpc) is 2.38. The molecule has 0 aliphatic heterocycles. The van der Waals surface area contributed by atoms with Crippen molar-refractivity contribution in [2.24, 2.45) is 0 Å². The molecule has 0 saturated heterocycles. The molecule has 0 bridgehead atoms. The lowest BCUT2D eigenvalue weighted by atomic mass is 10.00. The normalized spacial score (nSPS) is 11.3. The van der Waals surface area contributed by atoms with Gasteiger partial charge in [0.15, 0.2) is 6.29 Å². The van der Waals surface area contributed by atoms with Gasteiger partial charge in [0.2, 0.25) is 0 Å². The van der Waals surface area contributed by atoms with Gasteiger partial charge in [-0.25, -0.2) is 0 Å². The number of aromatic nitrogens is 1. The summed E-state index contributed by atoms with van der Waals surface area (Å²) in [5.41, 5.74) is -0.268. The van der Waals surface area contributed by atoms with Crippen LogP contribution in [-0.2, 0) is 6.18 Å². The van der Waals surface area contributed by atoms with Gasteiger partial charge < -0.3 is 0 Å². The standard InChI is InChI=1S/C13H8F3NO/c14-13(15,16)12-7-10(1-2-11(12)8-18)9-3-5-17-6-4-9/h1-8H. The quantitative estimate of drug-likeness (QED) is 0.763. The third-order valence-electron chi connectivity index (χ3n) is 2.50. The number of rotatable bonds is 2. The minimum Gasteiger partial charge on any atom is -0.298 e. The third kappa shape index (κ3) is 2.40. The van der Waals surface area contributed by atoms with Crippen LogP contribution in [0.15, 0.2) is 42.7 Å².